The minimum atomic E-state index is -4.55. The van der Waals surface area contributed by atoms with Crippen molar-refractivity contribution in [2.24, 2.45) is 0 Å². The molecule has 0 aliphatic carbocycles. The number of nitrogens with one attached hydrogen (secondary N) is 3. The van der Waals surface area contributed by atoms with E-state index in [0.717, 1.165) is 5.56 Å². The second-order valence-corrected chi connectivity index (χ2v) is 5.14. The number of aromatic nitrogens is 4. The van der Waals surface area contributed by atoms with Crippen molar-refractivity contribution in [1.29, 1.82) is 5.26 Å². The molecule has 0 radical (unpaired) electrons. The van der Waals surface area contributed by atoms with E-state index in [1.165, 1.54) is 7.05 Å². The molecular formula is C15H12F3N7. The maximum absolute atomic E-state index is 12.9. The van der Waals surface area contributed by atoms with Crippen molar-refractivity contribution in [3.63, 3.8) is 0 Å². The summed E-state index contributed by atoms with van der Waals surface area (Å²) < 4.78 is 38.7. The highest BCUT2D eigenvalue weighted by Crippen LogP contribution is 2.34. The molecule has 2 heterocycles. The first-order valence-corrected chi connectivity index (χ1v) is 7.14. The summed E-state index contributed by atoms with van der Waals surface area (Å²) in [6.45, 7) is 0. The van der Waals surface area contributed by atoms with E-state index in [1.54, 1.807) is 18.3 Å². The van der Waals surface area contributed by atoms with Gasteiger partial charge in [-0.25, -0.2) is 4.98 Å². The van der Waals surface area contributed by atoms with Gasteiger partial charge in [0, 0.05) is 18.6 Å². The van der Waals surface area contributed by atoms with Gasteiger partial charge in [0.15, 0.2) is 0 Å². The molecule has 128 valence electrons. The summed E-state index contributed by atoms with van der Waals surface area (Å²) >= 11 is 0. The summed E-state index contributed by atoms with van der Waals surface area (Å²) in [6.07, 6.45) is -2.09. The van der Waals surface area contributed by atoms with Crippen LogP contribution in [-0.2, 0) is 12.6 Å². The lowest BCUT2D eigenvalue weighted by molar-refractivity contribution is -0.137. The summed E-state index contributed by atoms with van der Waals surface area (Å²) in [5.74, 6) is -0.337. The molecule has 0 amide bonds. The summed E-state index contributed by atoms with van der Waals surface area (Å²) in [7, 11) is 1.35. The Morgan fingerprint density at radius 1 is 1.28 bits per heavy atom. The van der Waals surface area contributed by atoms with E-state index >= 15 is 0 Å². The summed E-state index contributed by atoms with van der Waals surface area (Å²) in [5.41, 5.74) is 1.00. The lowest BCUT2D eigenvalue weighted by Crippen LogP contribution is -2.12. The Balaban J connectivity index is 2.01. The van der Waals surface area contributed by atoms with E-state index in [-0.39, 0.29) is 18.2 Å². The first-order chi connectivity index (χ1) is 11.9. The van der Waals surface area contributed by atoms with E-state index in [0.29, 0.717) is 22.8 Å². The van der Waals surface area contributed by atoms with Crippen LogP contribution < -0.4 is 10.6 Å². The van der Waals surface area contributed by atoms with Gasteiger partial charge in [0.05, 0.1) is 29.9 Å². The molecule has 1 aromatic carbocycles. The third kappa shape index (κ3) is 3.30. The van der Waals surface area contributed by atoms with E-state index < -0.39 is 11.7 Å². The number of benzene rings is 1. The number of alkyl halides is 3. The smallest absolute Gasteiger partial charge is 0.372 e. The molecule has 7 nitrogen and oxygen atoms in total. The fraction of sp³-hybridized carbons (Fsp3) is 0.200. The third-order valence-corrected chi connectivity index (χ3v) is 3.48. The van der Waals surface area contributed by atoms with E-state index in [4.69, 9.17) is 5.26 Å². The van der Waals surface area contributed by atoms with E-state index in [2.05, 4.69) is 30.8 Å². The minimum absolute atomic E-state index is 0.00559. The van der Waals surface area contributed by atoms with Crippen LogP contribution in [0.25, 0.3) is 10.9 Å². The maximum atomic E-state index is 12.9. The molecule has 3 aromatic rings. The lowest BCUT2D eigenvalue weighted by atomic mass is 10.1. The molecule has 0 bridgehead atoms. The van der Waals surface area contributed by atoms with Gasteiger partial charge in [-0.15, -0.1) is 0 Å². The van der Waals surface area contributed by atoms with Gasteiger partial charge in [-0.1, -0.05) is 0 Å². The van der Waals surface area contributed by atoms with Gasteiger partial charge in [-0.05, 0) is 17.7 Å². The quantitative estimate of drug-likeness (QED) is 0.670. The molecule has 10 heteroatoms. The van der Waals surface area contributed by atoms with Crippen molar-refractivity contribution >= 4 is 28.4 Å². The van der Waals surface area contributed by atoms with Crippen LogP contribution in [0.3, 0.4) is 0 Å². The summed E-state index contributed by atoms with van der Waals surface area (Å²) in [4.78, 5) is 7.61. The summed E-state index contributed by atoms with van der Waals surface area (Å²) in [6, 6.07) is 5.54. The van der Waals surface area contributed by atoms with Crippen LogP contribution in [-0.4, -0.2) is 27.2 Å². The largest absolute Gasteiger partial charge is 0.421 e. The van der Waals surface area contributed by atoms with Crippen LogP contribution in [0.5, 0.6) is 0 Å². The molecule has 2 aromatic heterocycles. The number of nitriles is 1. The van der Waals surface area contributed by atoms with Crippen molar-refractivity contribution < 1.29 is 13.2 Å². The molecule has 3 rings (SSSR count). The Morgan fingerprint density at radius 3 is 2.76 bits per heavy atom. The Kier molecular flexibility index (Phi) is 4.14. The molecule has 0 saturated carbocycles. The van der Waals surface area contributed by atoms with Gasteiger partial charge in [0.1, 0.15) is 11.4 Å². The van der Waals surface area contributed by atoms with Gasteiger partial charge in [0.25, 0.3) is 0 Å². The number of aromatic amines is 1. The van der Waals surface area contributed by atoms with Crippen LogP contribution in [0.2, 0.25) is 0 Å². The van der Waals surface area contributed by atoms with Crippen molar-refractivity contribution in [3.05, 3.63) is 35.7 Å². The first kappa shape index (κ1) is 16.5. The van der Waals surface area contributed by atoms with E-state index in [9.17, 15) is 13.2 Å². The monoisotopic (exact) mass is 347 g/mol. The third-order valence-electron chi connectivity index (χ3n) is 3.48. The lowest BCUT2D eigenvalue weighted by Gasteiger charge is -2.13. The topological polar surface area (TPSA) is 102 Å². The molecule has 25 heavy (non-hydrogen) atoms. The number of fused-ring (bicyclic) bond motifs is 1. The number of hydrogen-bond acceptors (Lipinski definition) is 6. The Labute approximate surface area is 139 Å². The molecule has 3 N–H and O–H groups in total. The molecule has 0 aliphatic rings. The zero-order valence-corrected chi connectivity index (χ0v) is 12.9. The maximum Gasteiger partial charge on any atom is 0.421 e. The number of halogens is 3. The van der Waals surface area contributed by atoms with Crippen LogP contribution in [0, 0.1) is 11.3 Å². The van der Waals surface area contributed by atoms with Crippen LogP contribution in [0.1, 0.15) is 11.1 Å². The van der Waals surface area contributed by atoms with Crippen LogP contribution in [0.15, 0.2) is 24.5 Å². The predicted octanol–water partition coefficient (Wildman–Crippen LogP) is 3.22. The van der Waals surface area contributed by atoms with Crippen molar-refractivity contribution in [2.75, 3.05) is 17.7 Å². The first-order valence-electron chi connectivity index (χ1n) is 7.14. The molecule has 0 unspecified atom stereocenters. The number of anilines is 3. The highest BCUT2D eigenvalue weighted by Gasteiger charge is 2.35. The standard InChI is InChI=1S/C15H12F3N7/c1-20-13-10(15(16,17)18)7-21-14(24-13)23-11-4-8(2-3-19)5-12-9(11)6-22-25-12/h4-7H,2H2,1H3,(H,22,25)(H2,20,21,23,24). The van der Waals surface area contributed by atoms with Crippen LogP contribution in [0.4, 0.5) is 30.6 Å². The average molecular weight is 347 g/mol. The fourth-order valence-electron chi connectivity index (χ4n) is 2.37. The number of H-pyrrole nitrogens is 1. The normalized spacial score (nSPS) is 11.3. The SMILES string of the molecule is CNc1nc(Nc2cc(CC#N)cc3[nH]ncc23)ncc1C(F)(F)F. The van der Waals surface area contributed by atoms with Crippen molar-refractivity contribution in [3.8, 4) is 6.07 Å². The van der Waals surface area contributed by atoms with Gasteiger partial charge < -0.3 is 10.6 Å². The molecule has 0 fully saturated rings. The van der Waals surface area contributed by atoms with Gasteiger partial charge in [0.2, 0.25) is 5.95 Å². The average Bonchev–Trinajstić information content (AvgIpc) is 3.03. The zero-order chi connectivity index (χ0) is 18.0. The summed E-state index contributed by atoms with van der Waals surface area (Å²) in [5, 5.41) is 21.6. The van der Waals surface area contributed by atoms with Crippen molar-refractivity contribution in [2.45, 2.75) is 12.6 Å². The Hall–Kier alpha value is -3.35. The molecule has 0 spiro atoms. The number of nitrogens with zero attached hydrogens (tertiary/aromatic N) is 4. The predicted molar refractivity (Wildman–Crippen MR) is 85.3 cm³/mol. The Bertz CT molecular complexity index is 956. The van der Waals surface area contributed by atoms with E-state index in [1.807, 2.05) is 6.07 Å². The zero-order valence-electron chi connectivity index (χ0n) is 12.9. The number of hydrogen-bond donors (Lipinski definition) is 3. The second kappa shape index (κ2) is 6.27. The minimum Gasteiger partial charge on any atom is -0.372 e. The van der Waals surface area contributed by atoms with Gasteiger partial charge in [-0.2, -0.15) is 28.5 Å². The molecular weight excluding hydrogens is 335 g/mol. The molecule has 0 saturated heterocycles. The highest BCUT2D eigenvalue weighted by molar-refractivity contribution is 5.93. The Morgan fingerprint density at radius 2 is 2.08 bits per heavy atom. The second-order valence-electron chi connectivity index (χ2n) is 5.14. The van der Waals surface area contributed by atoms with Crippen molar-refractivity contribution in [1.82, 2.24) is 20.2 Å². The molecule has 0 aliphatic heterocycles. The van der Waals surface area contributed by atoms with Gasteiger partial charge >= 0.3 is 6.18 Å². The molecule has 0 atom stereocenters. The van der Waals surface area contributed by atoms with Crippen LogP contribution >= 0.6 is 0 Å². The van der Waals surface area contributed by atoms with Gasteiger partial charge in [-0.3, -0.25) is 5.10 Å². The highest BCUT2D eigenvalue weighted by atomic mass is 19.4. The fourth-order valence-corrected chi connectivity index (χ4v) is 2.37. The number of rotatable bonds is 4.